The predicted molar refractivity (Wildman–Crippen MR) is 64.3 cm³/mol. The minimum Gasteiger partial charge on any atom is -0.508 e. The van der Waals surface area contributed by atoms with Crippen molar-refractivity contribution in [3.63, 3.8) is 0 Å². The molecular formula is C12H16N2O2. The Kier molecular flexibility index (Phi) is 4.39. The van der Waals surface area contributed by atoms with Gasteiger partial charge < -0.3 is 15.7 Å². The molecule has 2 amide bonds. The van der Waals surface area contributed by atoms with Gasteiger partial charge in [0, 0.05) is 18.0 Å². The van der Waals surface area contributed by atoms with E-state index in [1.54, 1.807) is 24.4 Å². The predicted octanol–water partition coefficient (Wildman–Crippen LogP) is 2.83. The molecule has 0 aromatic heterocycles. The van der Waals surface area contributed by atoms with Crippen LogP contribution in [0.1, 0.15) is 20.3 Å². The van der Waals surface area contributed by atoms with Gasteiger partial charge in [0.25, 0.3) is 0 Å². The fraction of sp³-hybridized carbons (Fsp3) is 0.250. The minimum absolute atomic E-state index is 0.123. The molecule has 1 aromatic carbocycles. The number of rotatable bonds is 3. The van der Waals surface area contributed by atoms with Crippen molar-refractivity contribution in [2.75, 3.05) is 5.32 Å². The van der Waals surface area contributed by atoms with Gasteiger partial charge in [0.05, 0.1) is 0 Å². The highest BCUT2D eigenvalue weighted by Gasteiger charge is 1.99. The fourth-order valence-corrected chi connectivity index (χ4v) is 1.04. The quantitative estimate of drug-likeness (QED) is 0.733. The van der Waals surface area contributed by atoms with Crippen molar-refractivity contribution < 1.29 is 9.90 Å². The Morgan fingerprint density at radius 1 is 1.50 bits per heavy atom. The SMILES string of the molecule is CC/C(C)=C/NC(=O)Nc1cccc(O)c1. The number of hydrogen-bond donors (Lipinski definition) is 3. The molecule has 0 aliphatic rings. The first-order chi connectivity index (χ1) is 7.61. The molecule has 4 heteroatoms. The van der Waals surface area contributed by atoms with Crippen LogP contribution in [0.5, 0.6) is 5.75 Å². The second-order valence-corrected chi connectivity index (χ2v) is 3.49. The Hall–Kier alpha value is -1.97. The van der Waals surface area contributed by atoms with Crippen LogP contribution in [-0.2, 0) is 0 Å². The van der Waals surface area contributed by atoms with E-state index in [9.17, 15) is 9.90 Å². The third-order valence-electron chi connectivity index (χ3n) is 2.11. The molecular weight excluding hydrogens is 204 g/mol. The second kappa shape index (κ2) is 5.80. The van der Waals surface area contributed by atoms with E-state index >= 15 is 0 Å². The Morgan fingerprint density at radius 2 is 2.25 bits per heavy atom. The van der Waals surface area contributed by atoms with E-state index in [0.717, 1.165) is 12.0 Å². The van der Waals surface area contributed by atoms with E-state index in [1.807, 2.05) is 13.8 Å². The first-order valence-electron chi connectivity index (χ1n) is 5.14. The van der Waals surface area contributed by atoms with Gasteiger partial charge in [0.1, 0.15) is 5.75 Å². The molecule has 86 valence electrons. The molecule has 1 rings (SSSR count). The molecule has 0 heterocycles. The van der Waals surface area contributed by atoms with Crippen molar-refractivity contribution in [1.82, 2.24) is 5.32 Å². The summed E-state index contributed by atoms with van der Waals surface area (Å²) in [5.41, 5.74) is 1.64. The van der Waals surface area contributed by atoms with Crippen LogP contribution in [0.4, 0.5) is 10.5 Å². The summed E-state index contributed by atoms with van der Waals surface area (Å²) in [5, 5.41) is 14.4. The smallest absolute Gasteiger partial charge is 0.323 e. The van der Waals surface area contributed by atoms with Crippen molar-refractivity contribution >= 4 is 11.7 Å². The molecule has 0 spiro atoms. The summed E-state index contributed by atoms with van der Waals surface area (Å²) in [7, 11) is 0. The van der Waals surface area contributed by atoms with Crippen LogP contribution in [0.15, 0.2) is 36.0 Å². The Balaban J connectivity index is 2.52. The van der Waals surface area contributed by atoms with Gasteiger partial charge in [-0.2, -0.15) is 0 Å². The molecule has 0 bridgehead atoms. The van der Waals surface area contributed by atoms with Gasteiger partial charge in [-0.1, -0.05) is 18.6 Å². The van der Waals surface area contributed by atoms with Crippen molar-refractivity contribution in [2.45, 2.75) is 20.3 Å². The molecule has 0 atom stereocenters. The molecule has 0 saturated heterocycles. The van der Waals surface area contributed by atoms with Crippen LogP contribution < -0.4 is 10.6 Å². The molecule has 4 nitrogen and oxygen atoms in total. The lowest BCUT2D eigenvalue weighted by Gasteiger charge is -2.05. The Labute approximate surface area is 95.0 Å². The number of phenolic OH excluding ortho intramolecular Hbond substituents is 1. The molecule has 0 radical (unpaired) electrons. The lowest BCUT2D eigenvalue weighted by Crippen LogP contribution is -2.24. The summed E-state index contributed by atoms with van der Waals surface area (Å²) in [6.07, 6.45) is 2.56. The number of aromatic hydroxyl groups is 1. The highest BCUT2D eigenvalue weighted by atomic mass is 16.3. The number of phenols is 1. The number of nitrogens with one attached hydrogen (secondary N) is 2. The lowest BCUT2D eigenvalue weighted by atomic mass is 10.3. The number of amides is 2. The summed E-state index contributed by atoms with van der Waals surface area (Å²) in [5.74, 6) is 0.123. The van der Waals surface area contributed by atoms with Gasteiger partial charge in [-0.3, -0.25) is 0 Å². The normalized spacial score (nSPS) is 11.0. The third-order valence-corrected chi connectivity index (χ3v) is 2.11. The summed E-state index contributed by atoms with van der Waals surface area (Å²) < 4.78 is 0. The summed E-state index contributed by atoms with van der Waals surface area (Å²) in [6, 6.07) is 6.08. The van der Waals surface area contributed by atoms with E-state index in [0.29, 0.717) is 5.69 Å². The van der Waals surface area contributed by atoms with Crippen LogP contribution in [0.25, 0.3) is 0 Å². The van der Waals surface area contributed by atoms with Gasteiger partial charge in [0.2, 0.25) is 0 Å². The van der Waals surface area contributed by atoms with Crippen LogP contribution in [0.3, 0.4) is 0 Å². The number of allylic oxidation sites excluding steroid dienone is 1. The van der Waals surface area contributed by atoms with Crippen molar-refractivity contribution in [3.8, 4) is 5.75 Å². The van der Waals surface area contributed by atoms with Crippen LogP contribution in [-0.4, -0.2) is 11.1 Å². The molecule has 0 unspecified atom stereocenters. The number of anilines is 1. The summed E-state index contributed by atoms with van der Waals surface area (Å²) in [6.45, 7) is 3.95. The first kappa shape index (κ1) is 12.1. The highest BCUT2D eigenvalue weighted by Crippen LogP contribution is 2.14. The van der Waals surface area contributed by atoms with Crippen molar-refractivity contribution in [2.24, 2.45) is 0 Å². The summed E-state index contributed by atoms with van der Waals surface area (Å²) in [4.78, 5) is 11.4. The second-order valence-electron chi connectivity index (χ2n) is 3.49. The monoisotopic (exact) mass is 220 g/mol. The van der Waals surface area contributed by atoms with Gasteiger partial charge in [-0.05, 0) is 25.5 Å². The molecule has 0 aliphatic carbocycles. The average molecular weight is 220 g/mol. The lowest BCUT2D eigenvalue weighted by molar-refractivity contribution is 0.255. The van der Waals surface area contributed by atoms with Crippen molar-refractivity contribution in [3.05, 3.63) is 36.0 Å². The molecule has 16 heavy (non-hydrogen) atoms. The molecule has 0 aliphatic heterocycles. The molecule has 3 N–H and O–H groups in total. The van der Waals surface area contributed by atoms with E-state index in [-0.39, 0.29) is 11.8 Å². The standard InChI is InChI=1S/C12H16N2O2/c1-3-9(2)8-13-12(16)14-10-5-4-6-11(15)7-10/h4-8,15H,3H2,1-2H3,(H2,13,14,16)/b9-8+. The maximum absolute atomic E-state index is 11.4. The molecule has 0 saturated carbocycles. The number of carbonyl (C=O) groups is 1. The van der Waals surface area contributed by atoms with E-state index in [2.05, 4.69) is 10.6 Å². The van der Waals surface area contributed by atoms with E-state index < -0.39 is 0 Å². The van der Waals surface area contributed by atoms with E-state index in [4.69, 9.17) is 0 Å². The highest BCUT2D eigenvalue weighted by molar-refractivity contribution is 5.90. The molecule has 1 aromatic rings. The van der Waals surface area contributed by atoms with E-state index in [1.165, 1.54) is 6.07 Å². The number of carbonyl (C=O) groups excluding carboxylic acids is 1. The Bertz CT molecular complexity index is 400. The zero-order valence-electron chi connectivity index (χ0n) is 9.45. The number of hydrogen-bond acceptors (Lipinski definition) is 2. The van der Waals surface area contributed by atoms with Crippen LogP contribution in [0, 0.1) is 0 Å². The Morgan fingerprint density at radius 3 is 2.88 bits per heavy atom. The maximum atomic E-state index is 11.4. The van der Waals surface area contributed by atoms with Crippen LogP contribution >= 0.6 is 0 Å². The topological polar surface area (TPSA) is 61.4 Å². The van der Waals surface area contributed by atoms with Crippen LogP contribution in [0.2, 0.25) is 0 Å². The van der Waals surface area contributed by atoms with Gasteiger partial charge >= 0.3 is 6.03 Å². The first-order valence-corrected chi connectivity index (χ1v) is 5.14. The zero-order valence-corrected chi connectivity index (χ0v) is 9.45. The minimum atomic E-state index is -0.321. The third kappa shape index (κ3) is 4.04. The maximum Gasteiger partial charge on any atom is 0.323 e. The largest absolute Gasteiger partial charge is 0.508 e. The molecule has 0 fully saturated rings. The number of urea groups is 1. The summed E-state index contributed by atoms with van der Waals surface area (Å²) >= 11 is 0. The van der Waals surface area contributed by atoms with Gasteiger partial charge in [-0.25, -0.2) is 4.79 Å². The zero-order chi connectivity index (χ0) is 12.0. The average Bonchev–Trinajstić information content (AvgIpc) is 2.26. The van der Waals surface area contributed by atoms with Gasteiger partial charge in [0.15, 0.2) is 0 Å². The fourth-order valence-electron chi connectivity index (χ4n) is 1.04. The van der Waals surface area contributed by atoms with Crippen molar-refractivity contribution in [1.29, 1.82) is 0 Å². The van der Waals surface area contributed by atoms with Gasteiger partial charge in [-0.15, -0.1) is 0 Å². The number of benzene rings is 1.